The number of fused-ring (bicyclic) bond motifs is 2. The number of carbonyl (C=O) groups is 1. The molecule has 0 unspecified atom stereocenters. The molecule has 0 aliphatic heterocycles. The van der Waals surface area contributed by atoms with Crippen LogP contribution in [0, 0.1) is 17.8 Å². The van der Waals surface area contributed by atoms with E-state index >= 15 is 0 Å². The molecule has 0 aromatic heterocycles. The van der Waals surface area contributed by atoms with Gasteiger partial charge in [0, 0.05) is 6.04 Å². The zero-order valence-corrected chi connectivity index (χ0v) is 9.57. The Labute approximate surface area is 90.7 Å². The molecule has 2 N–H and O–H groups in total. The lowest BCUT2D eigenvalue weighted by Crippen LogP contribution is -2.41. The molecule has 84 valence electrons. The highest BCUT2D eigenvalue weighted by molar-refractivity contribution is 5.75. The van der Waals surface area contributed by atoms with Crippen LogP contribution in [0.1, 0.15) is 27.2 Å². The maximum absolute atomic E-state index is 11.9. The Bertz CT molecular complexity index is 303. The minimum atomic E-state index is -0.414. The van der Waals surface area contributed by atoms with Crippen molar-refractivity contribution in [2.45, 2.75) is 38.8 Å². The molecule has 2 bridgehead atoms. The van der Waals surface area contributed by atoms with E-state index in [1.807, 2.05) is 20.8 Å². The Balaban J connectivity index is 2.06. The first kappa shape index (κ1) is 10.7. The van der Waals surface area contributed by atoms with Crippen molar-refractivity contribution < 1.29 is 9.53 Å². The predicted molar refractivity (Wildman–Crippen MR) is 58.0 cm³/mol. The number of hydrogen-bond acceptors (Lipinski definition) is 3. The largest absolute Gasteiger partial charge is 0.460 e. The Morgan fingerprint density at radius 3 is 2.40 bits per heavy atom. The molecular weight excluding hydrogens is 190 g/mol. The summed E-state index contributed by atoms with van der Waals surface area (Å²) in [4.78, 5) is 11.9. The second-order valence-electron chi connectivity index (χ2n) is 5.58. The number of esters is 1. The highest BCUT2D eigenvalue weighted by Gasteiger charge is 2.47. The van der Waals surface area contributed by atoms with Crippen LogP contribution in [0.4, 0.5) is 0 Å². The molecule has 3 nitrogen and oxygen atoms in total. The van der Waals surface area contributed by atoms with Gasteiger partial charge in [0.05, 0.1) is 5.92 Å². The topological polar surface area (TPSA) is 52.3 Å². The van der Waals surface area contributed by atoms with Crippen LogP contribution in [-0.4, -0.2) is 17.6 Å². The fraction of sp³-hybridized carbons (Fsp3) is 0.750. The standard InChI is InChI=1S/C12H19NO2/c1-12(2,3)15-11(14)9-7-4-5-8(6-7)10(9)13/h4-5,7-10H,6,13H2,1-3H3/t7-,8+,9+,10-/m1/s1. The lowest BCUT2D eigenvalue weighted by atomic mass is 9.89. The van der Waals surface area contributed by atoms with Crippen LogP contribution in [0.15, 0.2) is 12.2 Å². The Hall–Kier alpha value is -0.830. The summed E-state index contributed by atoms with van der Waals surface area (Å²) in [5, 5.41) is 0. The van der Waals surface area contributed by atoms with Crippen molar-refractivity contribution in [3.63, 3.8) is 0 Å². The molecule has 0 aromatic rings. The first-order chi connectivity index (χ1) is 6.88. The zero-order valence-electron chi connectivity index (χ0n) is 9.57. The zero-order chi connectivity index (χ0) is 11.2. The summed E-state index contributed by atoms with van der Waals surface area (Å²) in [6, 6.07) is -0.0464. The average Bonchev–Trinajstić information content (AvgIpc) is 2.59. The molecule has 0 spiro atoms. The molecular formula is C12H19NO2. The van der Waals surface area contributed by atoms with Crippen molar-refractivity contribution in [1.29, 1.82) is 0 Å². The molecule has 1 saturated carbocycles. The molecule has 2 rings (SSSR count). The highest BCUT2D eigenvalue weighted by Crippen LogP contribution is 2.43. The van der Waals surface area contributed by atoms with Crippen LogP contribution in [0.5, 0.6) is 0 Å². The molecule has 2 aliphatic carbocycles. The second-order valence-corrected chi connectivity index (χ2v) is 5.58. The van der Waals surface area contributed by atoms with Gasteiger partial charge in [-0.1, -0.05) is 12.2 Å². The average molecular weight is 209 g/mol. The van der Waals surface area contributed by atoms with Crippen LogP contribution in [0.2, 0.25) is 0 Å². The van der Waals surface area contributed by atoms with E-state index in [1.54, 1.807) is 0 Å². The van der Waals surface area contributed by atoms with Crippen molar-refractivity contribution in [3.05, 3.63) is 12.2 Å². The number of hydrogen-bond donors (Lipinski definition) is 1. The van der Waals surface area contributed by atoms with E-state index in [-0.39, 0.29) is 17.9 Å². The van der Waals surface area contributed by atoms with Gasteiger partial charge in [-0.15, -0.1) is 0 Å². The van der Waals surface area contributed by atoms with E-state index in [0.717, 1.165) is 6.42 Å². The monoisotopic (exact) mass is 209 g/mol. The third kappa shape index (κ3) is 1.93. The van der Waals surface area contributed by atoms with Crippen LogP contribution in [-0.2, 0) is 9.53 Å². The lowest BCUT2D eigenvalue weighted by molar-refractivity contribution is -0.161. The van der Waals surface area contributed by atoms with Crippen molar-refractivity contribution in [3.8, 4) is 0 Å². The van der Waals surface area contributed by atoms with Crippen molar-refractivity contribution >= 4 is 5.97 Å². The Morgan fingerprint density at radius 1 is 1.33 bits per heavy atom. The van der Waals surface area contributed by atoms with Crippen molar-refractivity contribution in [2.24, 2.45) is 23.5 Å². The van der Waals surface area contributed by atoms with Gasteiger partial charge in [-0.3, -0.25) is 4.79 Å². The fourth-order valence-electron chi connectivity index (χ4n) is 2.56. The highest BCUT2D eigenvalue weighted by atomic mass is 16.6. The molecule has 2 aliphatic rings. The number of rotatable bonds is 1. The third-order valence-corrected chi connectivity index (χ3v) is 3.20. The molecule has 1 fully saturated rings. The Kier molecular flexibility index (Phi) is 2.38. The minimum absolute atomic E-state index is 0.0464. The molecule has 0 amide bonds. The minimum Gasteiger partial charge on any atom is -0.460 e. The predicted octanol–water partition coefficient (Wildman–Crippen LogP) is 1.48. The summed E-state index contributed by atoms with van der Waals surface area (Å²) in [5.74, 6) is 0.429. The first-order valence-electron chi connectivity index (χ1n) is 5.55. The molecule has 4 atom stereocenters. The van der Waals surface area contributed by atoms with E-state index in [9.17, 15) is 4.79 Å². The van der Waals surface area contributed by atoms with Gasteiger partial charge in [0.1, 0.15) is 5.60 Å². The summed E-state index contributed by atoms with van der Waals surface area (Å²) in [6.45, 7) is 5.67. The number of allylic oxidation sites excluding steroid dienone is 1. The third-order valence-electron chi connectivity index (χ3n) is 3.20. The Morgan fingerprint density at radius 2 is 1.93 bits per heavy atom. The van der Waals surface area contributed by atoms with Gasteiger partial charge < -0.3 is 10.5 Å². The fourth-order valence-corrected chi connectivity index (χ4v) is 2.56. The maximum atomic E-state index is 11.9. The van der Waals surface area contributed by atoms with Crippen LogP contribution in [0.25, 0.3) is 0 Å². The van der Waals surface area contributed by atoms with Gasteiger partial charge in [-0.25, -0.2) is 0 Å². The maximum Gasteiger partial charge on any atom is 0.311 e. The van der Waals surface area contributed by atoms with E-state index in [4.69, 9.17) is 10.5 Å². The summed E-state index contributed by atoms with van der Waals surface area (Å²) >= 11 is 0. The van der Waals surface area contributed by atoms with E-state index in [2.05, 4.69) is 12.2 Å². The summed E-state index contributed by atoms with van der Waals surface area (Å²) < 4.78 is 5.39. The van der Waals surface area contributed by atoms with Crippen LogP contribution < -0.4 is 5.73 Å². The lowest BCUT2D eigenvalue weighted by Gasteiger charge is -2.27. The first-order valence-corrected chi connectivity index (χ1v) is 5.55. The van der Waals surface area contributed by atoms with Gasteiger partial charge in [-0.2, -0.15) is 0 Å². The van der Waals surface area contributed by atoms with Gasteiger partial charge in [0.2, 0.25) is 0 Å². The van der Waals surface area contributed by atoms with Gasteiger partial charge >= 0.3 is 5.97 Å². The smallest absolute Gasteiger partial charge is 0.311 e. The summed E-state index contributed by atoms with van der Waals surface area (Å²) in [6.07, 6.45) is 5.27. The van der Waals surface area contributed by atoms with Gasteiger partial charge in [0.15, 0.2) is 0 Å². The molecule has 0 saturated heterocycles. The molecule has 0 aromatic carbocycles. The number of nitrogens with two attached hydrogens (primary N) is 1. The molecule has 0 radical (unpaired) electrons. The quantitative estimate of drug-likeness (QED) is 0.525. The molecule has 0 heterocycles. The number of ether oxygens (including phenoxy) is 1. The van der Waals surface area contributed by atoms with Crippen molar-refractivity contribution in [1.82, 2.24) is 0 Å². The van der Waals surface area contributed by atoms with Gasteiger partial charge in [0.25, 0.3) is 0 Å². The van der Waals surface area contributed by atoms with Crippen molar-refractivity contribution in [2.75, 3.05) is 0 Å². The van der Waals surface area contributed by atoms with E-state index < -0.39 is 5.60 Å². The van der Waals surface area contributed by atoms with Crippen LogP contribution >= 0.6 is 0 Å². The summed E-state index contributed by atoms with van der Waals surface area (Å²) in [7, 11) is 0. The SMILES string of the molecule is CC(C)(C)OC(=O)[C@@H]1[C@H](N)[C@H]2C=C[C@@H]1C2. The van der Waals surface area contributed by atoms with E-state index in [0.29, 0.717) is 11.8 Å². The second kappa shape index (κ2) is 3.34. The molecule has 3 heteroatoms. The van der Waals surface area contributed by atoms with E-state index in [1.165, 1.54) is 0 Å². The number of carbonyl (C=O) groups excluding carboxylic acids is 1. The summed E-state index contributed by atoms with van der Waals surface area (Å²) in [5.41, 5.74) is 5.62. The van der Waals surface area contributed by atoms with Crippen LogP contribution in [0.3, 0.4) is 0 Å². The molecule has 15 heavy (non-hydrogen) atoms. The normalized spacial score (nSPS) is 38.4. The van der Waals surface area contributed by atoms with Gasteiger partial charge in [-0.05, 0) is 39.0 Å².